The maximum atomic E-state index is 3.46. The Hall–Kier alpha value is 0.01000. The van der Waals surface area contributed by atoms with Crippen LogP contribution >= 0.6 is 27.7 Å². The molecule has 0 aliphatic heterocycles. The molecule has 0 saturated heterocycles. The molecule has 1 rings (SSSR count). The Labute approximate surface area is 92.4 Å². The Morgan fingerprint density at radius 2 is 2.31 bits per heavy atom. The van der Waals surface area contributed by atoms with Gasteiger partial charge >= 0.3 is 0 Å². The van der Waals surface area contributed by atoms with Gasteiger partial charge in [-0.2, -0.15) is 0 Å². The predicted octanol–water partition coefficient (Wildman–Crippen LogP) is 3.15. The molecule has 0 bridgehead atoms. The lowest BCUT2D eigenvalue weighted by Crippen LogP contribution is -2.17. The quantitative estimate of drug-likeness (QED) is 0.835. The zero-order valence-electron chi connectivity index (χ0n) is 7.88. The second-order valence-corrected chi connectivity index (χ2v) is 5.37. The van der Waals surface area contributed by atoms with E-state index >= 15 is 0 Å². The van der Waals surface area contributed by atoms with Gasteiger partial charge in [-0.3, -0.25) is 0 Å². The van der Waals surface area contributed by atoms with Gasteiger partial charge in [-0.25, -0.2) is 0 Å². The third-order valence-corrected chi connectivity index (χ3v) is 3.21. The smallest absolute Gasteiger partial charge is 0.0191 e. The van der Waals surface area contributed by atoms with Crippen molar-refractivity contribution in [3.63, 3.8) is 0 Å². The summed E-state index contributed by atoms with van der Waals surface area (Å²) in [5.41, 5.74) is 0. The molecule has 0 aromatic heterocycles. The molecule has 3 heteroatoms. The van der Waals surface area contributed by atoms with Crippen molar-refractivity contribution in [2.45, 2.75) is 17.1 Å². The average molecular weight is 260 g/mol. The zero-order valence-corrected chi connectivity index (χ0v) is 10.3. The number of hydrogen-bond acceptors (Lipinski definition) is 2. The van der Waals surface area contributed by atoms with Crippen LogP contribution in [0.4, 0.5) is 0 Å². The van der Waals surface area contributed by atoms with E-state index in [2.05, 4.69) is 46.4 Å². The number of benzene rings is 1. The summed E-state index contributed by atoms with van der Waals surface area (Å²) in [6.07, 6.45) is 0. The fourth-order valence-corrected chi connectivity index (χ4v) is 2.72. The van der Waals surface area contributed by atoms with Gasteiger partial charge in [0.2, 0.25) is 0 Å². The van der Waals surface area contributed by atoms with Crippen molar-refractivity contribution >= 4 is 27.7 Å². The third-order valence-electron chi connectivity index (χ3n) is 1.62. The Kier molecular flexibility index (Phi) is 4.84. The van der Waals surface area contributed by atoms with E-state index in [9.17, 15) is 0 Å². The Morgan fingerprint density at radius 3 is 2.92 bits per heavy atom. The van der Waals surface area contributed by atoms with E-state index in [1.54, 1.807) is 0 Å². The maximum Gasteiger partial charge on any atom is 0.0191 e. The van der Waals surface area contributed by atoms with Crippen LogP contribution < -0.4 is 5.32 Å². The van der Waals surface area contributed by atoms with Gasteiger partial charge in [0.05, 0.1) is 0 Å². The van der Waals surface area contributed by atoms with Crippen LogP contribution in [0.2, 0.25) is 0 Å². The molecule has 0 aliphatic rings. The van der Waals surface area contributed by atoms with E-state index in [1.807, 2.05) is 24.9 Å². The molecule has 13 heavy (non-hydrogen) atoms. The molecule has 1 atom stereocenters. The van der Waals surface area contributed by atoms with Gasteiger partial charge in [0.1, 0.15) is 0 Å². The molecule has 1 nitrogen and oxygen atoms in total. The van der Waals surface area contributed by atoms with Crippen LogP contribution in [0.25, 0.3) is 0 Å². The molecule has 0 saturated carbocycles. The monoisotopic (exact) mass is 259 g/mol. The minimum atomic E-state index is 0.610. The summed E-state index contributed by atoms with van der Waals surface area (Å²) in [6, 6.07) is 8.41. The van der Waals surface area contributed by atoms with Crippen molar-refractivity contribution in [3.8, 4) is 0 Å². The van der Waals surface area contributed by atoms with E-state index in [4.69, 9.17) is 0 Å². The van der Waals surface area contributed by atoms with Gasteiger partial charge in [-0.05, 0) is 25.2 Å². The van der Waals surface area contributed by atoms with Gasteiger partial charge in [-0.15, -0.1) is 11.8 Å². The highest BCUT2D eigenvalue weighted by Gasteiger charge is 2.02. The molecule has 0 spiro atoms. The number of hydrogen-bond donors (Lipinski definition) is 1. The maximum absolute atomic E-state index is 3.46. The molecule has 72 valence electrons. The minimum Gasteiger partial charge on any atom is -0.319 e. The van der Waals surface area contributed by atoms with E-state index in [0.717, 1.165) is 11.0 Å². The molecular formula is C10H14BrNS. The molecule has 1 aromatic carbocycles. The largest absolute Gasteiger partial charge is 0.319 e. The van der Waals surface area contributed by atoms with Gasteiger partial charge < -0.3 is 5.32 Å². The minimum absolute atomic E-state index is 0.610. The van der Waals surface area contributed by atoms with Crippen molar-refractivity contribution in [1.29, 1.82) is 0 Å². The molecule has 0 radical (unpaired) electrons. The molecule has 0 heterocycles. The van der Waals surface area contributed by atoms with Gasteiger partial charge in [0.25, 0.3) is 0 Å². The predicted molar refractivity (Wildman–Crippen MR) is 63.4 cm³/mol. The van der Waals surface area contributed by atoms with Crippen LogP contribution in [0, 0.1) is 0 Å². The lowest BCUT2D eigenvalue weighted by atomic mass is 10.4. The Bertz CT molecular complexity index is 265. The molecular weight excluding hydrogens is 246 g/mol. The number of thioether (sulfide) groups is 1. The highest BCUT2D eigenvalue weighted by Crippen LogP contribution is 2.25. The van der Waals surface area contributed by atoms with E-state index in [-0.39, 0.29) is 0 Å². The topological polar surface area (TPSA) is 12.0 Å². The summed E-state index contributed by atoms with van der Waals surface area (Å²) in [7, 11) is 1.98. The van der Waals surface area contributed by atoms with Crippen LogP contribution in [0.15, 0.2) is 33.6 Å². The first-order valence-corrected chi connectivity index (χ1v) is 5.96. The van der Waals surface area contributed by atoms with E-state index in [0.29, 0.717) is 5.25 Å². The summed E-state index contributed by atoms with van der Waals surface area (Å²) >= 11 is 5.35. The summed E-state index contributed by atoms with van der Waals surface area (Å²) in [4.78, 5) is 1.32. The van der Waals surface area contributed by atoms with E-state index in [1.165, 1.54) is 4.90 Å². The molecule has 1 aromatic rings. The van der Waals surface area contributed by atoms with Crippen LogP contribution in [-0.2, 0) is 0 Å². The molecule has 0 aliphatic carbocycles. The summed E-state index contributed by atoms with van der Waals surface area (Å²) in [5.74, 6) is 0. The molecule has 0 amide bonds. The fraction of sp³-hybridized carbons (Fsp3) is 0.400. The standard InChI is InChI=1S/C10H14BrNS/c1-8(7-12-2)13-10-5-3-4-9(11)6-10/h3-6,8,12H,7H2,1-2H3. The highest BCUT2D eigenvalue weighted by atomic mass is 79.9. The highest BCUT2D eigenvalue weighted by molar-refractivity contribution is 9.10. The van der Waals surface area contributed by atoms with Gasteiger partial charge in [0, 0.05) is 21.2 Å². The first-order chi connectivity index (χ1) is 6.22. The molecule has 0 fully saturated rings. The Balaban J connectivity index is 2.53. The molecule has 1 N–H and O–H groups in total. The summed E-state index contributed by atoms with van der Waals surface area (Å²) < 4.78 is 1.15. The summed E-state index contributed by atoms with van der Waals surface area (Å²) in [6.45, 7) is 3.26. The second kappa shape index (κ2) is 5.68. The lowest BCUT2D eigenvalue weighted by Gasteiger charge is -2.09. The van der Waals surface area contributed by atoms with Crippen LogP contribution in [-0.4, -0.2) is 18.8 Å². The Morgan fingerprint density at radius 1 is 1.54 bits per heavy atom. The zero-order chi connectivity index (χ0) is 9.68. The first kappa shape index (κ1) is 11.1. The van der Waals surface area contributed by atoms with Crippen molar-refractivity contribution in [2.24, 2.45) is 0 Å². The first-order valence-electron chi connectivity index (χ1n) is 4.29. The second-order valence-electron chi connectivity index (χ2n) is 2.94. The number of nitrogens with one attached hydrogen (secondary N) is 1. The van der Waals surface area contributed by atoms with Crippen LogP contribution in [0.1, 0.15) is 6.92 Å². The van der Waals surface area contributed by atoms with Crippen molar-refractivity contribution in [2.75, 3.05) is 13.6 Å². The van der Waals surface area contributed by atoms with Crippen molar-refractivity contribution in [3.05, 3.63) is 28.7 Å². The van der Waals surface area contributed by atoms with Crippen LogP contribution in [0.5, 0.6) is 0 Å². The lowest BCUT2D eigenvalue weighted by molar-refractivity contribution is 0.785. The van der Waals surface area contributed by atoms with Crippen molar-refractivity contribution < 1.29 is 0 Å². The van der Waals surface area contributed by atoms with Gasteiger partial charge in [0.15, 0.2) is 0 Å². The molecule has 1 unspecified atom stereocenters. The van der Waals surface area contributed by atoms with E-state index < -0.39 is 0 Å². The normalized spacial score (nSPS) is 12.8. The summed E-state index contributed by atoms with van der Waals surface area (Å²) in [5, 5.41) is 3.78. The van der Waals surface area contributed by atoms with Crippen LogP contribution in [0.3, 0.4) is 0 Å². The number of rotatable bonds is 4. The van der Waals surface area contributed by atoms with Crippen molar-refractivity contribution in [1.82, 2.24) is 5.32 Å². The third kappa shape index (κ3) is 4.16. The SMILES string of the molecule is CNCC(C)Sc1cccc(Br)c1. The van der Waals surface area contributed by atoms with Gasteiger partial charge in [-0.1, -0.05) is 28.9 Å². The number of halogens is 1. The fourth-order valence-electron chi connectivity index (χ4n) is 1.10. The average Bonchev–Trinajstić information content (AvgIpc) is 2.04.